The van der Waals surface area contributed by atoms with Crippen LogP contribution >= 0.6 is 11.3 Å². The van der Waals surface area contributed by atoms with Crippen molar-refractivity contribution in [1.82, 2.24) is 15.6 Å². The monoisotopic (exact) mass is 463 g/mol. The Bertz CT molecular complexity index is 1210. The number of benzene rings is 1. The van der Waals surface area contributed by atoms with Crippen molar-refractivity contribution in [2.45, 2.75) is 44.4 Å². The summed E-state index contributed by atoms with van der Waals surface area (Å²) in [5.74, 6) is -0.0910. The molecule has 2 unspecified atom stereocenters. The average Bonchev–Trinajstić information content (AvgIpc) is 3.14. The number of anilines is 2. The van der Waals surface area contributed by atoms with Gasteiger partial charge in [-0.15, -0.1) is 11.3 Å². The van der Waals surface area contributed by atoms with Crippen LogP contribution in [0.3, 0.4) is 0 Å². The lowest BCUT2D eigenvalue weighted by Gasteiger charge is -2.43. The lowest BCUT2D eigenvalue weighted by molar-refractivity contribution is -0.0483. The van der Waals surface area contributed by atoms with Crippen LogP contribution in [-0.2, 0) is 17.6 Å². The molecule has 0 radical (unpaired) electrons. The second-order valence-corrected chi connectivity index (χ2v) is 10.5. The van der Waals surface area contributed by atoms with Crippen LogP contribution in [0.15, 0.2) is 30.3 Å². The summed E-state index contributed by atoms with van der Waals surface area (Å²) in [5.41, 5.74) is 11.8. The fraction of sp³-hybridized carbons (Fsp3) is 0.440. The number of carbonyl (C=O) groups is 1. The van der Waals surface area contributed by atoms with E-state index in [2.05, 4.69) is 38.7 Å². The number of carbonyl (C=O) groups excluding carboxylic acids is 1. The van der Waals surface area contributed by atoms with Crippen molar-refractivity contribution in [3.63, 3.8) is 0 Å². The van der Waals surface area contributed by atoms with Crippen molar-refractivity contribution in [2.75, 3.05) is 36.8 Å². The molecule has 1 aromatic carbocycles. The highest BCUT2D eigenvalue weighted by atomic mass is 32.1. The van der Waals surface area contributed by atoms with Gasteiger partial charge in [0.25, 0.3) is 5.91 Å². The standard InChI is InChI=1S/C25H29N5O2S/c1-14-2-7-21-22(26)23(33-25(21)28-14)24(31)29-17-5-3-16-9-18(6-4-15(16)8-17)30-12-19-10-27-11-20(13-30)32-19/h2,4,6-7,9,17,19-20,27H,3,5,8,10-13,26H2,1H3,(H,29,31)/t17-,19?,20?/m0/s1. The Balaban J connectivity index is 1.15. The topological polar surface area (TPSA) is 92.5 Å². The van der Waals surface area contributed by atoms with Crippen LogP contribution in [0.2, 0.25) is 0 Å². The maximum absolute atomic E-state index is 13.0. The molecule has 1 amide bonds. The van der Waals surface area contributed by atoms with E-state index in [9.17, 15) is 4.79 Å². The predicted octanol–water partition coefficient (Wildman–Crippen LogP) is 2.65. The Hall–Kier alpha value is -2.68. The number of rotatable bonds is 3. The summed E-state index contributed by atoms with van der Waals surface area (Å²) in [6.07, 6.45) is 3.29. The Morgan fingerprint density at radius 1 is 1.21 bits per heavy atom. The Morgan fingerprint density at radius 2 is 2.03 bits per heavy atom. The molecule has 2 bridgehead atoms. The van der Waals surface area contributed by atoms with E-state index in [1.807, 2.05) is 19.1 Å². The van der Waals surface area contributed by atoms with Crippen LogP contribution in [0.5, 0.6) is 0 Å². The number of hydrogen-bond acceptors (Lipinski definition) is 7. The van der Waals surface area contributed by atoms with Gasteiger partial charge >= 0.3 is 0 Å². The van der Waals surface area contributed by atoms with E-state index in [0.29, 0.717) is 10.6 Å². The molecule has 7 nitrogen and oxygen atoms in total. The third-order valence-corrected chi connectivity index (χ3v) is 8.15. The lowest BCUT2D eigenvalue weighted by Crippen LogP contribution is -2.58. The number of aromatic nitrogens is 1. The van der Waals surface area contributed by atoms with Crippen molar-refractivity contribution in [3.8, 4) is 0 Å². The highest BCUT2D eigenvalue weighted by Gasteiger charge is 2.32. The fourth-order valence-corrected chi connectivity index (χ4v) is 6.38. The van der Waals surface area contributed by atoms with Gasteiger partial charge in [0.15, 0.2) is 0 Å². The molecule has 172 valence electrons. The van der Waals surface area contributed by atoms with Gasteiger partial charge in [0, 0.05) is 49.0 Å². The first-order valence-electron chi connectivity index (χ1n) is 11.7. The molecule has 3 aromatic rings. The number of nitrogens with zero attached hydrogens (tertiary/aromatic N) is 2. The molecule has 4 N–H and O–H groups in total. The number of pyridine rings is 1. The van der Waals surface area contributed by atoms with Crippen LogP contribution in [0, 0.1) is 6.92 Å². The van der Waals surface area contributed by atoms with Gasteiger partial charge < -0.3 is 26.0 Å². The minimum atomic E-state index is -0.0910. The molecule has 2 fully saturated rings. The molecule has 0 spiro atoms. The summed E-state index contributed by atoms with van der Waals surface area (Å²) in [6, 6.07) is 10.8. The number of thiophene rings is 1. The van der Waals surface area contributed by atoms with Gasteiger partial charge in [-0.3, -0.25) is 4.79 Å². The second kappa shape index (κ2) is 8.27. The molecule has 33 heavy (non-hydrogen) atoms. The molecule has 3 atom stereocenters. The number of hydrogen-bond donors (Lipinski definition) is 3. The first-order chi connectivity index (χ1) is 16.0. The quantitative estimate of drug-likeness (QED) is 0.553. The molecule has 4 heterocycles. The molecule has 2 saturated heterocycles. The highest BCUT2D eigenvalue weighted by Crippen LogP contribution is 2.33. The van der Waals surface area contributed by atoms with Crippen LogP contribution in [-0.4, -0.2) is 55.3 Å². The molecule has 2 aliphatic heterocycles. The fourth-order valence-electron chi connectivity index (χ4n) is 5.34. The summed E-state index contributed by atoms with van der Waals surface area (Å²) in [4.78, 5) is 21.4. The molecule has 0 saturated carbocycles. The summed E-state index contributed by atoms with van der Waals surface area (Å²) in [7, 11) is 0. The van der Waals surface area contributed by atoms with E-state index in [4.69, 9.17) is 10.5 Å². The summed E-state index contributed by atoms with van der Waals surface area (Å²) < 4.78 is 6.05. The number of amides is 1. The largest absolute Gasteiger partial charge is 0.397 e. The van der Waals surface area contributed by atoms with Crippen LogP contribution in [0.25, 0.3) is 10.2 Å². The molecule has 6 rings (SSSR count). The highest BCUT2D eigenvalue weighted by molar-refractivity contribution is 7.21. The van der Waals surface area contributed by atoms with Crippen molar-refractivity contribution < 1.29 is 9.53 Å². The molecule has 2 aromatic heterocycles. The number of fused-ring (bicyclic) bond motifs is 4. The maximum Gasteiger partial charge on any atom is 0.263 e. The van der Waals surface area contributed by atoms with E-state index < -0.39 is 0 Å². The second-order valence-electron chi connectivity index (χ2n) is 9.46. The van der Waals surface area contributed by atoms with E-state index in [0.717, 1.165) is 61.4 Å². The van der Waals surface area contributed by atoms with Gasteiger partial charge in [-0.05, 0) is 61.6 Å². The third-order valence-electron chi connectivity index (χ3n) is 7.03. The summed E-state index contributed by atoms with van der Waals surface area (Å²) >= 11 is 1.38. The molecule has 3 aliphatic rings. The Labute approximate surface area is 197 Å². The van der Waals surface area contributed by atoms with E-state index in [1.165, 1.54) is 28.2 Å². The van der Waals surface area contributed by atoms with E-state index in [-0.39, 0.29) is 24.2 Å². The Morgan fingerprint density at radius 3 is 2.85 bits per heavy atom. The van der Waals surface area contributed by atoms with Gasteiger partial charge in [0.1, 0.15) is 9.71 Å². The molecular weight excluding hydrogens is 434 g/mol. The zero-order valence-electron chi connectivity index (χ0n) is 18.8. The third kappa shape index (κ3) is 3.96. The van der Waals surface area contributed by atoms with Crippen LogP contribution in [0.1, 0.15) is 32.9 Å². The lowest BCUT2D eigenvalue weighted by atomic mass is 9.87. The van der Waals surface area contributed by atoms with Crippen molar-refractivity contribution in [2.24, 2.45) is 0 Å². The van der Waals surface area contributed by atoms with E-state index in [1.54, 1.807) is 0 Å². The average molecular weight is 464 g/mol. The van der Waals surface area contributed by atoms with Gasteiger partial charge in [0.05, 0.1) is 17.9 Å². The van der Waals surface area contributed by atoms with Crippen molar-refractivity contribution in [1.29, 1.82) is 0 Å². The molecule has 8 heteroatoms. The smallest absolute Gasteiger partial charge is 0.263 e. The molecule has 1 aliphatic carbocycles. The summed E-state index contributed by atoms with van der Waals surface area (Å²) in [6.45, 7) is 5.68. The van der Waals surface area contributed by atoms with Gasteiger partial charge in [-0.1, -0.05) is 6.07 Å². The van der Waals surface area contributed by atoms with Crippen molar-refractivity contribution >= 4 is 38.8 Å². The minimum absolute atomic E-state index is 0.0910. The van der Waals surface area contributed by atoms with E-state index >= 15 is 0 Å². The maximum atomic E-state index is 13.0. The number of ether oxygens (including phenoxy) is 1. The SMILES string of the molecule is Cc1ccc2c(N)c(C(=O)N[C@H]3CCc4cc(N5CC6CNCC(C5)O6)ccc4C3)sc2n1. The first kappa shape index (κ1) is 20.9. The Kier molecular flexibility index (Phi) is 5.24. The van der Waals surface area contributed by atoms with Gasteiger partial charge in [-0.25, -0.2) is 4.98 Å². The normalized spacial score (nSPS) is 24.5. The number of aryl methyl sites for hydroxylation is 2. The minimum Gasteiger partial charge on any atom is -0.397 e. The van der Waals surface area contributed by atoms with Crippen LogP contribution < -0.4 is 21.3 Å². The number of nitrogens with two attached hydrogens (primary N) is 1. The first-order valence-corrected chi connectivity index (χ1v) is 12.5. The predicted molar refractivity (Wildman–Crippen MR) is 132 cm³/mol. The summed E-state index contributed by atoms with van der Waals surface area (Å²) in [5, 5.41) is 7.55. The zero-order valence-corrected chi connectivity index (χ0v) is 19.6. The van der Waals surface area contributed by atoms with Gasteiger partial charge in [0.2, 0.25) is 0 Å². The zero-order chi connectivity index (χ0) is 22.5. The van der Waals surface area contributed by atoms with Crippen molar-refractivity contribution in [3.05, 3.63) is 52.0 Å². The molecular formula is C25H29N5O2S. The van der Waals surface area contributed by atoms with Gasteiger partial charge in [-0.2, -0.15) is 0 Å². The number of morpholine rings is 2. The number of nitrogen functional groups attached to an aromatic ring is 1. The number of nitrogens with one attached hydrogen (secondary N) is 2. The van der Waals surface area contributed by atoms with Crippen LogP contribution in [0.4, 0.5) is 11.4 Å².